The topological polar surface area (TPSA) is 82.2 Å². The summed E-state index contributed by atoms with van der Waals surface area (Å²) in [5.41, 5.74) is 1.82. The van der Waals surface area contributed by atoms with E-state index in [1.165, 1.54) is 10.3 Å². The van der Waals surface area contributed by atoms with Gasteiger partial charge in [-0.15, -0.1) is 0 Å². The van der Waals surface area contributed by atoms with Crippen molar-refractivity contribution in [2.75, 3.05) is 25.1 Å². The molecule has 7 nitrogen and oxygen atoms in total. The van der Waals surface area contributed by atoms with Crippen LogP contribution in [-0.2, 0) is 11.8 Å². The van der Waals surface area contributed by atoms with Gasteiger partial charge in [-0.3, -0.25) is 10.1 Å². The van der Waals surface area contributed by atoms with Crippen molar-refractivity contribution in [2.45, 2.75) is 19.8 Å². The molecule has 0 atom stereocenters. The fourth-order valence-corrected chi connectivity index (χ4v) is 2.20. The minimum atomic E-state index is -0.390. The van der Waals surface area contributed by atoms with Crippen LogP contribution in [0.4, 0.5) is 11.5 Å². The van der Waals surface area contributed by atoms with Gasteiger partial charge >= 0.3 is 5.69 Å². The summed E-state index contributed by atoms with van der Waals surface area (Å²) in [6.07, 6.45) is 3.88. The highest BCUT2D eigenvalue weighted by Crippen LogP contribution is 2.27. The average molecular weight is 266 g/mol. The van der Waals surface area contributed by atoms with Crippen LogP contribution in [0.5, 0.6) is 0 Å². The van der Waals surface area contributed by atoms with E-state index in [1.807, 2.05) is 0 Å². The number of nitrogens with one attached hydrogen (secondary N) is 1. The summed E-state index contributed by atoms with van der Waals surface area (Å²) in [5, 5.41) is 18.2. The average Bonchev–Trinajstić information content (AvgIpc) is 2.65. The van der Waals surface area contributed by atoms with Crippen LogP contribution in [0, 0.1) is 17.0 Å². The van der Waals surface area contributed by atoms with E-state index in [9.17, 15) is 10.1 Å². The molecule has 0 amide bonds. The van der Waals surface area contributed by atoms with Crippen molar-refractivity contribution in [3.63, 3.8) is 0 Å². The largest absolute Gasteiger partial charge is 0.377 e. The Balaban J connectivity index is 1.99. The molecule has 1 aromatic heterocycles. The molecule has 19 heavy (non-hydrogen) atoms. The maximum atomic E-state index is 11.0. The molecule has 0 spiro atoms. The van der Waals surface area contributed by atoms with Gasteiger partial charge in [-0.25, -0.2) is 4.68 Å². The molecule has 0 saturated heterocycles. The normalized spacial score (nSPS) is 15.2. The number of rotatable bonds is 5. The van der Waals surface area contributed by atoms with E-state index in [0.29, 0.717) is 24.7 Å². The van der Waals surface area contributed by atoms with Gasteiger partial charge in [-0.2, -0.15) is 5.10 Å². The highest BCUT2D eigenvalue weighted by molar-refractivity contribution is 5.59. The van der Waals surface area contributed by atoms with Gasteiger partial charge < -0.3 is 10.1 Å². The van der Waals surface area contributed by atoms with E-state index >= 15 is 0 Å². The smallest absolute Gasteiger partial charge is 0.333 e. The molecule has 2 rings (SSSR count). The Morgan fingerprint density at radius 2 is 2.42 bits per heavy atom. The summed E-state index contributed by atoms with van der Waals surface area (Å²) in [6, 6.07) is 0. The van der Waals surface area contributed by atoms with Crippen LogP contribution in [0.3, 0.4) is 0 Å². The number of anilines is 1. The molecule has 0 aliphatic carbocycles. The Labute approximate surface area is 111 Å². The molecule has 0 radical (unpaired) electrons. The molecular formula is C12H18N4O3. The van der Waals surface area contributed by atoms with E-state index in [-0.39, 0.29) is 5.69 Å². The minimum Gasteiger partial charge on any atom is -0.377 e. The summed E-state index contributed by atoms with van der Waals surface area (Å²) in [4.78, 5) is 10.6. The highest BCUT2D eigenvalue weighted by Gasteiger charge is 2.23. The van der Waals surface area contributed by atoms with Crippen molar-refractivity contribution in [1.29, 1.82) is 0 Å². The molecule has 0 saturated carbocycles. The molecule has 0 aromatic carbocycles. The summed E-state index contributed by atoms with van der Waals surface area (Å²) >= 11 is 0. The van der Waals surface area contributed by atoms with Crippen molar-refractivity contribution < 1.29 is 9.66 Å². The molecule has 1 aromatic rings. The molecule has 1 aliphatic heterocycles. The van der Waals surface area contributed by atoms with E-state index in [4.69, 9.17) is 4.74 Å². The Morgan fingerprint density at radius 1 is 1.63 bits per heavy atom. The number of nitro groups is 1. The summed E-state index contributed by atoms with van der Waals surface area (Å²) in [5.74, 6) is 0.468. The maximum absolute atomic E-state index is 11.0. The third-order valence-electron chi connectivity index (χ3n) is 3.17. The zero-order valence-corrected chi connectivity index (χ0v) is 11.2. The maximum Gasteiger partial charge on any atom is 0.333 e. The first-order valence-corrected chi connectivity index (χ1v) is 6.27. The van der Waals surface area contributed by atoms with Gasteiger partial charge in [-0.1, -0.05) is 11.6 Å². The summed E-state index contributed by atoms with van der Waals surface area (Å²) < 4.78 is 6.76. The Kier molecular flexibility index (Phi) is 4.16. The minimum absolute atomic E-state index is 0.0588. The third-order valence-corrected chi connectivity index (χ3v) is 3.17. The third kappa shape index (κ3) is 3.11. The van der Waals surface area contributed by atoms with Crippen molar-refractivity contribution in [2.24, 2.45) is 7.05 Å². The molecule has 2 heterocycles. The molecule has 1 N–H and O–H groups in total. The van der Waals surface area contributed by atoms with Crippen LogP contribution >= 0.6 is 0 Å². The van der Waals surface area contributed by atoms with Crippen molar-refractivity contribution in [3.8, 4) is 0 Å². The lowest BCUT2D eigenvalue weighted by Gasteiger charge is -2.13. The van der Waals surface area contributed by atoms with E-state index in [2.05, 4.69) is 16.5 Å². The molecule has 0 unspecified atom stereocenters. The molecule has 0 bridgehead atoms. The van der Waals surface area contributed by atoms with E-state index < -0.39 is 4.92 Å². The number of hydrogen-bond acceptors (Lipinski definition) is 5. The molecule has 1 aliphatic rings. The standard InChI is InChI=1S/C12H18N4O3/c1-9-11(16(17)18)12(15(2)14-9)13-6-3-10-4-7-19-8-5-10/h4,13H,3,5-8H2,1-2H3. The number of hydrogen-bond donors (Lipinski definition) is 1. The van der Waals surface area contributed by atoms with Gasteiger partial charge in [0.2, 0.25) is 5.82 Å². The molecule has 0 fully saturated rings. The van der Waals surface area contributed by atoms with Crippen LogP contribution in [0.25, 0.3) is 0 Å². The van der Waals surface area contributed by atoms with Crippen LogP contribution in [0.2, 0.25) is 0 Å². The highest BCUT2D eigenvalue weighted by atomic mass is 16.6. The first kappa shape index (κ1) is 13.5. The number of aromatic nitrogens is 2. The SMILES string of the molecule is Cc1nn(C)c(NCCC2=CCOCC2)c1[N+](=O)[O-]. The van der Waals surface area contributed by atoms with Gasteiger partial charge in [0.15, 0.2) is 0 Å². The second kappa shape index (κ2) is 5.83. The van der Waals surface area contributed by atoms with Crippen LogP contribution in [0.15, 0.2) is 11.6 Å². The lowest BCUT2D eigenvalue weighted by Crippen LogP contribution is -2.11. The zero-order valence-electron chi connectivity index (χ0n) is 11.2. The fourth-order valence-electron chi connectivity index (χ4n) is 2.20. The predicted octanol–water partition coefficient (Wildman–Crippen LogP) is 1.79. The van der Waals surface area contributed by atoms with Crippen molar-refractivity contribution in [1.82, 2.24) is 9.78 Å². The number of nitrogens with zero attached hydrogens (tertiary/aromatic N) is 3. The van der Waals surface area contributed by atoms with Crippen LogP contribution in [-0.4, -0.2) is 34.5 Å². The zero-order chi connectivity index (χ0) is 13.8. The van der Waals surface area contributed by atoms with Crippen molar-refractivity contribution >= 4 is 11.5 Å². The van der Waals surface area contributed by atoms with Gasteiger partial charge in [0.05, 0.1) is 18.1 Å². The second-order valence-electron chi connectivity index (χ2n) is 4.53. The molecule has 104 valence electrons. The predicted molar refractivity (Wildman–Crippen MR) is 71.2 cm³/mol. The number of aryl methyl sites for hydroxylation is 2. The Morgan fingerprint density at radius 3 is 3.05 bits per heavy atom. The van der Waals surface area contributed by atoms with Gasteiger partial charge in [0.25, 0.3) is 0 Å². The van der Waals surface area contributed by atoms with Crippen molar-refractivity contribution in [3.05, 3.63) is 27.5 Å². The Hall–Kier alpha value is -1.89. The first-order valence-electron chi connectivity index (χ1n) is 6.27. The van der Waals surface area contributed by atoms with Crippen LogP contribution < -0.4 is 5.32 Å². The number of ether oxygens (including phenoxy) is 1. The van der Waals surface area contributed by atoms with Crippen LogP contribution in [0.1, 0.15) is 18.5 Å². The Bertz CT molecular complexity index is 507. The van der Waals surface area contributed by atoms with E-state index in [1.54, 1.807) is 14.0 Å². The van der Waals surface area contributed by atoms with E-state index in [0.717, 1.165) is 19.4 Å². The monoisotopic (exact) mass is 266 g/mol. The summed E-state index contributed by atoms with van der Waals surface area (Å²) in [7, 11) is 1.70. The first-order chi connectivity index (χ1) is 9.09. The molecule has 7 heteroatoms. The van der Waals surface area contributed by atoms with Gasteiger partial charge in [0.1, 0.15) is 5.69 Å². The second-order valence-corrected chi connectivity index (χ2v) is 4.53. The quantitative estimate of drug-likeness (QED) is 0.499. The fraction of sp³-hybridized carbons (Fsp3) is 0.583. The summed E-state index contributed by atoms with van der Waals surface area (Å²) in [6.45, 7) is 3.73. The lowest BCUT2D eigenvalue weighted by molar-refractivity contribution is -0.384. The van der Waals surface area contributed by atoms with Gasteiger partial charge in [0, 0.05) is 13.6 Å². The van der Waals surface area contributed by atoms with Gasteiger partial charge in [-0.05, 0) is 19.8 Å². The lowest BCUT2D eigenvalue weighted by atomic mass is 10.1. The molecular weight excluding hydrogens is 248 g/mol.